The molecule has 0 aromatic heterocycles. The number of alkyl halides is 3. The van der Waals surface area contributed by atoms with Crippen molar-refractivity contribution >= 4 is 10.0 Å². The Bertz CT molecular complexity index is 350. The van der Waals surface area contributed by atoms with Gasteiger partial charge >= 0.3 is 6.18 Å². The predicted octanol–water partition coefficient (Wildman–Crippen LogP) is 0.808. The van der Waals surface area contributed by atoms with Crippen LogP contribution < -0.4 is 5.32 Å². The van der Waals surface area contributed by atoms with Gasteiger partial charge in [0.25, 0.3) is 0 Å². The maximum Gasteiger partial charge on any atom is 0.404 e. The normalized spacial score (nSPS) is 19.6. The molecule has 102 valence electrons. The van der Waals surface area contributed by atoms with Gasteiger partial charge in [-0.3, -0.25) is 0 Å². The number of nitrogens with one attached hydrogen (secondary N) is 1. The number of halogens is 3. The van der Waals surface area contributed by atoms with Gasteiger partial charge in [0, 0.05) is 14.1 Å². The summed E-state index contributed by atoms with van der Waals surface area (Å²) in [7, 11) is -1.41. The topological polar surface area (TPSA) is 49.4 Å². The van der Waals surface area contributed by atoms with Gasteiger partial charge in [-0.2, -0.15) is 13.2 Å². The van der Waals surface area contributed by atoms with Crippen LogP contribution in [-0.4, -0.2) is 51.3 Å². The van der Waals surface area contributed by atoms with Gasteiger partial charge in [-0.05, 0) is 25.3 Å². The van der Waals surface area contributed by atoms with E-state index in [9.17, 15) is 21.6 Å². The minimum Gasteiger partial charge on any atom is -0.305 e. The molecule has 0 radical (unpaired) electrons. The molecule has 0 aromatic rings. The van der Waals surface area contributed by atoms with E-state index in [1.807, 2.05) is 0 Å². The van der Waals surface area contributed by atoms with E-state index in [0.29, 0.717) is 0 Å². The highest BCUT2D eigenvalue weighted by Crippen LogP contribution is 2.29. The molecule has 4 nitrogen and oxygen atoms in total. The van der Waals surface area contributed by atoms with Crippen molar-refractivity contribution in [1.29, 1.82) is 0 Å². The van der Waals surface area contributed by atoms with Crippen LogP contribution >= 0.6 is 0 Å². The minimum absolute atomic E-state index is 0.229. The van der Waals surface area contributed by atoms with Crippen molar-refractivity contribution in [2.24, 2.45) is 5.92 Å². The van der Waals surface area contributed by atoms with Crippen LogP contribution in [0.4, 0.5) is 13.2 Å². The molecule has 1 saturated carbocycles. The van der Waals surface area contributed by atoms with E-state index in [1.165, 1.54) is 14.1 Å². The van der Waals surface area contributed by atoms with Gasteiger partial charge in [-0.25, -0.2) is 12.7 Å². The first-order valence-corrected chi connectivity index (χ1v) is 6.94. The lowest BCUT2D eigenvalue weighted by Crippen LogP contribution is -2.49. The molecule has 1 N–H and O–H groups in total. The minimum atomic E-state index is -4.54. The van der Waals surface area contributed by atoms with Crippen LogP contribution in [0.25, 0.3) is 0 Å². The molecule has 8 heteroatoms. The van der Waals surface area contributed by atoms with Crippen LogP contribution in [0.15, 0.2) is 0 Å². The van der Waals surface area contributed by atoms with Gasteiger partial charge in [-0.15, -0.1) is 0 Å². The Morgan fingerprint density at radius 3 is 2.24 bits per heavy atom. The fourth-order valence-electron chi connectivity index (χ4n) is 1.26. The first-order chi connectivity index (χ1) is 7.63. The van der Waals surface area contributed by atoms with Crippen LogP contribution in [0, 0.1) is 5.92 Å². The zero-order chi connectivity index (χ0) is 13.3. The summed E-state index contributed by atoms with van der Waals surface area (Å²) >= 11 is 0. The third-order valence-corrected chi connectivity index (χ3v) is 4.55. The first-order valence-electron chi connectivity index (χ1n) is 5.33. The van der Waals surface area contributed by atoms with Crippen molar-refractivity contribution in [3.8, 4) is 0 Å². The Balaban J connectivity index is 2.62. The maximum absolute atomic E-state index is 12.6. The molecule has 1 atom stereocenters. The van der Waals surface area contributed by atoms with Crippen LogP contribution in [0.3, 0.4) is 0 Å². The highest BCUT2D eigenvalue weighted by Gasteiger charge is 2.43. The Kier molecular flexibility index (Phi) is 4.43. The average Bonchev–Trinajstić information content (AvgIpc) is 2.93. The molecule has 0 saturated heterocycles. The average molecular weight is 274 g/mol. The largest absolute Gasteiger partial charge is 0.404 e. The zero-order valence-corrected chi connectivity index (χ0v) is 10.6. The predicted molar refractivity (Wildman–Crippen MR) is 58.0 cm³/mol. The fraction of sp³-hybridized carbons (Fsp3) is 1.00. The molecule has 1 fully saturated rings. The van der Waals surface area contributed by atoms with Crippen molar-refractivity contribution < 1.29 is 21.6 Å². The Hall–Kier alpha value is -0.340. The van der Waals surface area contributed by atoms with Crippen molar-refractivity contribution in [2.75, 3.05) is 26.4 Å². The van der Waals surface area contributed by atoms with Crippen LogP contribution in [0.2, 0.25) is 0 Å². The van der Waals surface area contributed by atoms with E-state index >= 15 is 0 Å². The molecule has 17 heavy (non-hydrogen) atoms. The molecular formula is C9H17F3N2O2S. The van der Waals surface area contributed by atoms with E-state index in [0.717, 1.165) is 17.1 Å². The third kappa shape index (κ3) is 4.81. The molecule has 0 amide bonds. The second-order valence-electron chi connectivity index (χ2n) is 4.51. The molecule has 1 unspecified atom stereocenters. The molecule has 0 aliphatic heterocycles. The second-order valence-corrected chi connectivity index (χ2v) is 6.73. The van der Waals surface area contributed by atoms with Crippen LogP contribution in [0.1, 0.15) is 12.8 Å². The van der Waals surface area contributed by atoms with Gasteiger partial charge < -0.3 is 5.32 Å². The summed E-state index contributed by atoms with van der Waals surface area (Å²) in [6, 6.07) is -1.99. The summed E-state index contributed by atoms with van der Waals surface area (Å²) in [6.45, 7) is 0.229. The Morgan fingerprint density at radius 2 is 1.88 bits per heavy atom. The molecule has 0 heterocycles. The van der Waals surface area contributed by atoms with Crippen molar-refractivity contribution in [3.63, 3.8) is 0 Å². The molecule has 1 aliphatic rings. The van der Waals surface area contributed by atoms with E-state index in [4.69, 9.17) is 0 Å². The van der Waals surface area contributed by atoms with Crippen LogP contribution in [0.5, 0.6) is 0 Å². The SMILES string of the molecule is CN(C)S(=O)(=O)CC(NCC1CC1)C(F)(F)F. The van der Waals surface area contributed by atoms with Gasteiger partial charge in [0.15, 0.2) is 0 Å². The van der Waals surface area contributed by atoms with Gasteiger partial charge in [-0.1, -0.05) is 0 Å². The van der Waals surface area contributed by atoms with E-state index in [1.54, 1.807) is 0 Å². The highest BCUT2D eigenvalue weighted by atomic mass is 32.2. The van der Waals surface area contributed by atoms with E-state index in [2.05, 4.69) is 5.32 Å². The van der Waals surface area contributed by atoms with Gasteiger partial charge in [0.2, 0.25) is 10.0 Å². The number of sulfonamides is 1. The lowest BCUT2D eigenvalue weighted by Gasteiger charge is -2.23. The summed E-state index contributed by atoms with van der Waals surface area (Å²) in [5, 5.41) is 2.30. The lowest BCUT2D eigenvalue weighted by molar-refractivity contribution is -0.150. The smallest absolute Gasteiger partial charge is 0.305 e. The summed E-state index contributed by atoms with van der Waals surface area (Å²) in [5.74, 6) is -0.683. The van der Waals surface area contributed by atoms with E-state index in [-0.39, 0.29) is 12.5 Å². The molecule has 1 aliphatic carbocycles. The standard InChI is InChI=1S/C9H17F3N2O2S/c1-14(2)17(15,16)6-8(9(10,11)12)13-5-7-3-4-7/h7-8,13H,3-6H2,1-2H3. The summed E-state index contributed by atoms with van der Waals surface area (Å²) in [5.41, 5.74) is 0. The van der Waals surface area contributed by atoms with Crippen molar-refractivity contribution in [2.45, 2.75) is 25.1 Å². The van der Waals surface area contributed by atoms with Gasteiger partial charge in [0.05, 0.1) is 5.75 Å². The third-order valence-electron chi connectivity index (χ3n) is 2.68. The molecular weight excluding hydrogens is 257 g/mol. The first kappa shape index (κ1) is 14.7. The monoisotopic (exact) mass is 274 g/mol. The summed E-state index contributed by atoms with van der Waals surface area (Å²) in [6.07, 6.45) is -2.71. The Morgan fingerprint density at radius 1 is 1.35 bits per heavy atom. The zero-order valence-electron chi connectivity index (χ0n) is 9.79. The van der Waals surface area contributed by atoms with Crippen molar-refractivity contribution in [3.05, 3.63) is 0 Å². The second kappa shape index (κ2) is 5.11. The highest BCUT2D eigenvalue weighted by molar-refractivity contribution is 7.89. The maximum atomic E-state index is 12.6. The fourth-order valence-corrected chi connectivity index (χ4v) is 2.29. The molecule has 0 aromatic carbocycles. The number of nitrogens with zero attached hydrogens (tertiary/aromatic N) is 1. The molecule has 0 spiro atoms. The van der Waals surface area contributed by atoms with Crippen LogP contribution in [-0.2, 0) is 10.0 Å². The number of hydrogen-bond donors (Lipinski definition) is 1. The van der Waals surface area contributed by atoms with Crippen molar-refractivity contribution in [1.82, 2.24) is 9.62 Å². The molecule has 0 bridgehead atoms. The number of rotatable bonds is 6. The number of hydrogen-bond acceptors (Lipinski definition) is 3. The Labute approximate surface area is 99.2 Å². The van der Waals surface area contributed by atoms with E-state index < -0.39 is 28.0 Å². The molecule has 1 rings (SSSR count). The quantitative estimate of drug-likeness (QED) is 0.779. The summed E-state index contributed by atoms with van der Waals surface area (Å²) < 4.78 is 61.6. The van der Waals surface area contributed by atoms with Gasteiger partial charge in [0.1, 0.15) is 6.04 Å². The summed E-state index contributed by atoms with van der Waals surface area (Å²) in [4.78, 5) is 0. The lowest BCUT2D eigenvalue weighted by atomic mass is 10.3.